The van der Waals surface area contributed by atoms with Crippen LogP contribution in [0.1, 0.15) is 28.8 Å². The zero-order chi connectivity index (χ0) is 12.3. The predicted octanol–water partition coefficient (Wildman–Crippen LogP) is 0.165. The molecule has 0 unspecified atom stereocenters. The summed E-state index contributed by atoms with van der Waals surface area (Å²) < 4.78 is 0. The fraction of sp³-hybridized carbons (Fsp3) is 0.500. The Kier molecular flexibility index (Phi) is 3.58. The van der Waals surface area contributed by atoms with E-state index in [-0.39, 0.29) is 17.5 Å². The molecule has 0 aromatic carbocycles. The lowest BCUT2D eigenvalue weighted by Crippen LogP contribution is -2.45. The van der Waals surface area contributed by atoms with Crippen molar-refractivity contribution in [1.82, 2.24) is 15.6 Å². The van der Waals surface area contributed by atoms with Crippen LogP contribution in [0, 0.1) is 6.92 Å². The highest BCUT2D eigenvalue weighted by Gasteiger charge is 2.17. The number of hydrogen-bond donors (Lipinski definition) is 3. The van der Waals surface area contributed by atoms with Gasteiger partial charge in [0.05, 0.1) is 5.56 Å². The van der Waals surface area contributed by atoms with Crippen molar-refractivity contribution in [3.05, 3.63) is 33.7 Å². The molecule has 1 amide bonds. The van der Waals surface area contributed by atoms with Gasteiger partial charge in [0.2, 0.25) is 5.56 Å². The van der Waals surface area contributed by atoms with E-state index in [1.807, 2.05) is 0 Å². The van der Waals surface area contributed by atoms with Gasteiger partial charge in [-0.2, -0.15) is 0 Å². The molecular weight excluding hydrogens is 218 g/mol. The lowest BCUT2D eigenvalue weighted by Gasteiger charge is -2.24. The molecule has 1 aromatic rings. The second-order valence-electron chi connectivity index (χ2n) is 4.41. The van der Waals surface area contributed by atoms with E-state index in [1.165, 1.54) is 12.3 Å². The predicted molar refractivity (Wildman–Crippen MR) is 65.2 cm³/mol. The summed E-state index contributed by atoms with van der Waals surface area (Å²) in [5, 5.41) is 6.21. The first-order valence-corrected chi connectivity index (χ1v) is 5.88. The number of aryl methyl sites for hydroxylation is 1. The molecule has 1 atom stereocenters. The van der Waals surface area contributed by atoms with E-state index in [2.05, 4.69) is 15.6 Å². The minimum absolute atomic E-state index is 0.118. The second kappa shape index (κ2) is 5.14. The van der Waals surface area contributed by atoms with E-state index in [0.717, 1.165) is 25.9 Å². The van der Waals surface area contributed by atoms with Gasteiger partial charge in [0.25, 0.3) is 5.91 Å². The Morgan fingerprint density at radius 3 is 3.00 bits per heavy atom. The first kappa shape index (κ1) is 11.9. The molecule has 2 rings (SSSR count). The van der Waals surface area contributed by atoms with Crippen LogP contribution in [-0.2, 0) is 0 Å². The molecule has 0 bridgehead atoms. The maximum atomic E-state index is 12.0. The molecule has 1 fully saturated rings. The summed E-state index contributed by atoms with van der Waals surface area (Å²) >= 11 is 0. The van der Waals surface area contributed by atoms with Crippen molar-refractivity contribution in [2.75, 3.05) is 13.1 Å². The molecule has 3 N–H and O–H groups in total. The van der Waals surface area contributed by atoms with Crippen LogP contribution in [0.25, 0.3) is 0 Å². The zero-order valence-electron chi connectivity index (χ0n) is 9.88. The highest BCUT2D eigenvalue weighted by molar-refractivity contribution is 5.95. The molecule has 17 heavy (non-hydrogen) atoms. The number of carbonyl (C=O) groups excluding carboxylic acids is 1. The van der Waals surface area contributed by atoms with Crippen LogP contribution >= 0.6 is 0 Å². The SMILES string of the molecule is Cc1cc(=O)[nH]cc1C(=O)N[C@H]1CCCNC1. The highest BCUT2D eigenvalue weighted by atomic mass is 16.2. The van der Waals surface area contributed by atoms with Gasteiger partial charge in [-0.3, -0.25) is 9.59 Å². The van der Waals surface area contributed by atoms with Crippen LogP contribution in [0.4, 0.5) is 0 Å². The molecule has 5 heteroatoms. The third kappa shape index (κ3) is 2.94. The molecule has 0 spiro atoms. The van der Waals surface area contributed by atoms with E-state index < -0.39 is 0 Å². The quantitative estimate of drug-likeness (QED) is 0.684. The summed E-state index contributed by atoms with van der Waals surface area (Å²) in [6, 6.07) is 1.62. The number of piperidine rings is 1. The van der Waals surface area contributed by atoms with Gasteiger partial charge in [-0.05, 0) is 31.9 Å². The average Bonchev–Trinajstić information content (AvgIpc) is 2.30. The Hall–Kier alpha value is -1.62. The summed E-state index contributed by atoms with van der Waals surface area (Å²) in [6.07, 6.45) is 3.56. The van der Waals surface area contributed by atoms with Gasteiger partial charge in [-0.25, -0.2) is 0 Å². The molecule has 1 saturated heterocycles. The van der Waals surface area contributed by atoms with E-state index in [0.29, 0.717) is 11.1 Å². The highest BCUT2D eigenvalue weighted by Crippen LogP contribution is 2.06. The average molecular weight is 235 g/mol. The summed E-state index contributed by atoms with van der Waals surface area (Å²) in [4.78, 5) is 25.6. The lowest BCUT2D eigenvalue weighted by atomic mass is 10.1. The lowest BCUT2D eigenvalue weighted by molar-refractivity contribution is 0.0929. The van der Waals surface area contributed by atoms with E-state index in [1.54, 1.807) is 6.92 Å². The van der Waals surface area contributed by atoms with Gasteiger partial charge in [0, 0.05) is 24.8 Å². The first-order chi connectivity index (χ1) is 8.16. The van der Waals surface area contributed by atoms with Crippen molar-refractivity contribution in [3.63, 3.8) is 0 Å². The number of H-pyrrole nitrogens is 1. The molecular formula is C12H17N3O2. The first-order valence-electron chi connectivity index (χ1n) is 5.88. The maximum Gasteiger partial charge on any atom is 0.253 e. The number of rotatable bonds is 2. The van der Waals surface area contributed by atoms with Crippen molar-refractivity contribution in [2.24, 2.45) is 0 Å². The number of hydrogen-bond acceptors (Lipinski definition) is 3. The monoisotopic (exact) mass is 235 g/mol. The molecule has 5 nitrogen and oxygen atoms in total. The smallest absolute Gasteiger partial charge is 0.253 e. The topological polar surface area (TPSA) is 74.0 Å². The standard InChI is InChI=1S/C12H17N3O2/c1-8-5-11(16)14-7-10(8)12(17)15-9-3-2-4-13-6-9/h5,7,9,13H,2-4,6H2,1H3,(H,14,16)(H,15,17)/t9-/m0/s1. The van der Waals surface area contributed by atoms with Crippen LogP contribution in [-0.4, -0.2) is 30.0 Å². The fourth-order valence-corrected chi connectivity index (χ4v) is 2.06. The third-order valence-corrected chi connectivity index (χ3v) is 3.01. The maximum absolute atomic E-state index is 12.0. The number of carbonyl (C=O) groups is 1. The number of aromatic amines is 1. The Morgan fingerprint density at radius 2 is 2.35 bits per heavy atom. The molecule has 0 aliphatic carbocycles. The summed E-state index contributed by atoms with van der Waals surface area (Å²) in [7, 11) is 0. The van der Waals surface area contributed by atoms with E-state index >= 15 is 0 Å². The molecule has 1 aliphatic rings. The zero-order valence-corrected chi connectivity index (χ0v) is 9.88. The molecule has 2 heterocycles. The van der Waals surface area contributed by atoms with Gasteiger partial charge in [0.1, 0.15) is 0 Å². The van der Waals surface area contributed by atoms with Crippen molar-refractivity contribution >= 4 is 5.91 Å². The van der Waals surface area contributed by atoms with Gasteiger partial charge in [0.15, 0.2) is 0 Å². The minimum Gasteiger partial charge on any atom is -0.348 e. The molecule has 0 saturated carbocycles. The normalized spacial score (nSPS) is 19.9. The van der Waals surface area contributed by atoms with Crippen molar-refractivity contribution in [3.8, 4) is 0 Å². The van der Waals surface area contributed by atoms with Gasteiger partial charge in [-0.15, -0.1) is 0 Å². The summed E-state index contributed by atoms with van der Waals surface area (Å²) in [5.74, 6) is -0.118. The van der Waals surface area contributed by atoms with E-state index in [9.17, 15) is 9.59 Å². The van der Waals surface area contributed by atoms with Crippen molar-refractivity contribution in [1.29, 1.82) is 0 Å². The number of nitrogens with one attached hydrogen (secondary N) is 3. The minimum atomic E-state index is -0.182. The van der Waals surface area contributed by atoms with Crippen LogP contribution in [0.15, 0.2) is 17.1 Å². The molecule has 92 valence electrons. The van der Waals surface area contributed by atoms with Gasteiger partial charge >= 0.3 is 0 Å². The fourth-order valence-electron chi connectivity index (χ4n) is 2.06. The summed E-state index contributed by atoms with van der Waals surface area (Å²) in [6.45, 7) is 3.60. The number of amides is 1. The Balaban J connectivity index is 2.06. The van der Waals surface area contributed by atoms with Crippen LogP contribution in [0.2, 0.25) is 0 Å². The van der Waals surface area contributed by atoms with E-state index in [4.69, 9.17) is 0 Å². The van der Waals surface area contributed by atoms with Crippen molar-refractivity contribution < 1.29 is 4.79 Å². The molecule has 1 aromatic heterocycles. The Bertz CT molecular complexity index is 461. The van der Waals surface area contributed by atoms with Crippen molar-refractivity contribution in [2.45, 2.75) is 25.8 Å². The van der Waals surface area contributed by atoms with Crippen LogP contribution < -0.4 is 16.2 Å². The number of aromatic nitrogens is 1. The van der Waals surface area contributed by atoms with Gasteiger partial charge in [-0.1, -0.05) is 0 Å². The largest absolute Gasteiger partial charge is 0.348 e. The van der Waals surface area contributed by atoms with Gasteiger partial charge < -0.3 is 15.6 Å². The van der Waals surface area contributed by atoms with Crippen LogP contribution in [0.3, 0.4) is 0 Å². The Morgan fingerprint density at radius 1 is 1.53 bits per heavy atom. The molecule has 0 radical (unpaired) electrons. The number of pyridine rings is 1. The second-order valence-corrected chi connectivity index (χ2v) is 4.41. The Labute approximate surface area is 99.6 Å². The van der Waals surface area contributed by atoms with Crippen LogP contribution in [0.5, 0.6) is 0 Å². The molecule has 1 aliphatic heterocycles. The summed E-state index contributed by atoms with van der Waals surface area (Å²) in [5.41, 5.74) is 1.06. The third-order valence-electron chi connectivity index (χ3n) is 3.01.